The summed E-state index contributed by atoms with van der Waals surface area (Å²) < 4.78 is 23.1. The number of phenols is 2. The molecule has 3 N–H and O–H groups in total. The molecule has 0 amide bonds. The number of methoxy groups -OCH3 is 1. The van der Waals surface area contributed by atoms with Gasteiger partial charge in [0.05, 0.1) is 17.3 Å². The first-order valence-corrected chi connectivity index (χ1v) is 12.7. The van der Waals surface area contributed by atoms with E-state index in [0.29, 0.717) is 16.7 Å². The zero-order valence-corrected chi connectivity index (χ0v) is 21.9. The van der Waals surface area contributed by atoms with Gasteiger partial charge in [-0.25, -0.2) is 9.59 Å². The first-order valence-electron chi connectivity index (χ1n) is 12.7. The van der Waals surface area contributed by atoms with E-state index in [4.69, 9.17) is 18.9 Å². The maximum absolute atomic E-state index is 14.6. The Morgan fingerprint density at radius 3 is 2.25 bits per heavy atom. The number of Topliss-reactive ketones (excluding diaryl/α,β-unsaturated/α-hetero) is 1. The lowest BCUT2D eigenvalue weighted by Crippen LogP contribution is -2.56. The standard InChI is InChI=1S/C29H24O11/c1-9-5-14(32)18-20-15(9)23(34)21-25(40-11(3)30)28(20,8-39-27(18)36)24-22(33)12-7-38-26(35)17-13(31)6-10(2)19(16(12)17)29(21,24)37-4/h5-6,21,24-25,31-33H,7-8H2,1-4H3/t21-,24-,25+,28+,29-/m0/s1. The number of hydrogen-bond acceptors (Lipinski definition) is 11. The zero-order valence-electron chi connectivity index (χ0n) is 21.9. The molecule has 2 aliphatic heterocycles. The van der Waals surface area contributed by atoms with Gasteiger partial charge in [0.2, 0.25) is 0 Å². The summed E-state index contributed by atoms with van der Waals surface area (Å²) in [6.07, 6.45) is -1.30. The number of aliphatic hydroxyl groups is 1. The quantitative estimate of drug-likeness (QED) is 0.373. The molecule has 2 bridgehead atoms. The smallest absolute Gasteiger partial charge is 0.342 e. The van der Waals surface area contributed by atoms with Crippen molar-refractivity contribution >= 4 is 29.3 Å². The lowest BCUT2D eigenvalue weighted by molar-refractivity contribution is -0.154. The molecule has 7 rings (SSSR count). The number of fused-ring (bicyclic) bond motifs is 4. The average Bonchev–Trinajstić information content (AvgIpc) is 3.06. The number of benzene rings is 2. The molecule has 0 aromatic heterocycles. The van der Waals surface area contributed by atoms with E-state index in [9.17, 15) is 34.5 Å². The lowest BCUT2D eigenvalue weighted by Gasteiger charge is -2.48. The van der Waals surface area contributed by atoms with Gasteiger partial charge in [0.15, 0.2) is 5.78 Å². The van der Waals surface area contributed by atoms with Crippen LogP contribution in [-0.2, 0) is 34.8 Å². The molecule has 1 saturated carbocycles. The monoisotopic (exact) mass is 548 g/mol. The molecule has 5 atom stereocenters. The van der Waals surface area contributed by atoms with E-state index in [1.807, 2.05) is 0 Å². The molecule has 11 heteroatoms. The summed E-state index contributed by atoms with van der Waals surface area (Å²) in [5, 5.41) is 33.8. The number of ketones is 1. The van der Waals surface area contributed by atoms with Gasteiger partial charge in [0, 0.05) is 30.7 Å². The minimum atomic E-state index is -1.74. The number of aromatic hydroxyl groups is 2. The number of esters is 3. The molecular weight excluding hydrogens is 524 g/mol. The van der Waals surface area contributed by atoms with E-state index in [2.05, 4.69) is 0 Å². The molecule has 5 aliphatic rings. The number of phenolic OH excluding ortho intramolecular Hbond substituents is 2. The third-order valence-electron chi connectivity index (χ3n) is 9.32. The number of aryl methyl sites for hydroxylation is 2. The topological polar surface area (TPSA) is 166 Å². The van der Waals surface area contributed by atoms with Crippen LogP contribution in [0.1, 0.15) is 65.8 Å². The second-order valence-electron chi connectivity index (χ2n) is 11.0. The Morgan fingerprint density at radius 2 is 1.57 bits per heavy atom. The molecule has 2 aromatic carbocycles. The van der Waals surface area contributed by atoms with Crippen LogP contribution in [0.5, 0.6) is 11.5 Å². The number of cyclic esters (lactones) is 2. The van der Waals surface area contributed by atoms with Crippen molar-refractivity contribution in [3.05, 3.63) is 62.4 Å². The van der Waals surface area contributed by atoms with Gasteiger partial charge in [-0.05, 0) is 48.2 Å². The van der Waals surface area contributed by atoms with Crippen molar-refractivity contribution in [3.63, 3.8) is 0 Å². The van der Waals surface area contributed by atoms with Crippen LogP contribution in [0, 0.1) is 25.7 Å². The van der Waals surface area contributed by atoms with Crippen molar-refractivity contribution in [3.8, 4) is 11.5 Å². The average molecular weight is 549 g/mol. The van der Waals surface area contributed by atoms with Gasteiger partial charge in [0.25, 0.3) is 0 Å². The van der Waals surface area contributed by atoms with E-state index in [1.54, 1.807) is 13.8 Å². The Hall–Kier alpha value is -4.38. The third-order valence-corrected chi connectivity index (χ3v) is 9.32. The summed E-state index contributed by atoms with van der Waals surface area (Å²) in [6, 6.07) is 2.67. The van der Waals surface area contributed by atoms with Crippen molar-refractivity contribution in [2.24, 2.45) is 11.8 Å². The lowest BCUT2D eigenvalue weighted by atomic mass is 9.60. The zero-order chi connectivity index (χ0) is 28.6. The van der Waals surface area contributed by atoms with Gasteiger partial charge in [-0.3, -0.25) is 9.59 Å². The van der Waals surface area contributed by atoms with Crippen LogP contribution >= 0.6 is 0 Å². The summed E-state index contributed by atoms with van der Waals surface area (Å²) in [5.41, 5.74) is -1.88. The molecule has 0 saturated heterocycles. The van der Waals surface area contributed by atoms with Gasteiger partial charge in [0.1, 0.15) is 53.3 Å². The Balaban J connectivity index is 1.71. The number of carbonyl (C=O) groups is 4. The molecule has 40 heavy (non-hydrogen) atoms. The Kier molecular flexibility index (Phi) is 4.57. The number of ether oxygens (including phenoxy) is 4. The predicted molar refractivity (Wildman–Crippen MR) is 133 cm³/mol. The molecule has 0 radical (unpaired) electrons. The van der Waals surface area contributed by atoms with Crippen LogP contribution in [0.25, 0.3) is 5.57 Å². The van der Waals surface area contributed by atoms with E-state index >= 15 is 0 Å². The highest BCUT2D eigenvalue weighted by Gasteiger charge is 2.80. The molecule has 0 unspecified atom stereocenters. The molecule has 11 nitrogen and oxygen atoms in total. The number of carbonyl (C=O) groups excluding carboxylic acids is 4. The molecular formula is C29H24O11. The van der Waals surface area contributed by atoms with Crippen molar-refractivity contribution < 1.29 is 53.4 Å². The second kappa shape index (κ2) is 7.42. The first-order chi connectivity index (χ1) is 18.9. The highest BCUT2D eigenvalue weighted by atomic mass is 16.6. The van der Waals surface area contributed by atoms with E-state index in [1.165, 1.54) is 26.2 Å². The van der Waals surface area contributed by atoms with Crippen molar-refractivity contribution in [1.29, 1.82) is 0 Å². The summed E-state index contributed by atoms with van der Waals surface area (Å²) in [6.45, 7) is 3.74. The van der Waals surface area contributed by atoms with Gasteiger partial charge in [-0.1, -0.05) is 0 Å². The Bertz CT molecular complexity index is 1680. The van der Waals surface area contributed by atoms with E-state index in [-0.39, 0.29) is 51.5 Å². The minimum absolute atomic E-state index is 0.123. The summed E-state index contributed by atoms with van der Waals surface area (Å²) >= 11 is 0. The summed E-state index contributed by atoms with van der Waals surface area (Å²) in [5.74, 6) is -6.47. The van der Waals surface area contributed by atoms with Crippen LogP contribution < -0.4 is 0 Å². The van der Waals surface area contributed by atoms with Crippen LogP contribution in [0.4, 0.5) is 0 Å². The molecule has 2 aromatic rings. The number of rotatable bonds is 2. The molecule has 206 valence electrons. The van der Waals surface area contributed by atoms with E-state index in [0.717, 1.165) is 0 Å². The van der Waals surface area contributed by atoms with Gasteiger partial charge < -0.3 is 34.3 Å². The first kappa shape index (κ1) is 24.6. The predicted octanol–water partition coefficient (Wildman–Crippen LogP) is 2.49. The van der Waals surface area contributed by atoms with Crippen molar-refractivity contribution in [2.75, 3.05) is 20.3 Å². The SMILES string of the molecule is CO[C@]12c3c(C)cc(O)c4c3C(=C(O)[C@H]1[C@@]13COC(=O)c5c(O)cc(C)c(c51)C(=O)[C@H]2[C@H]3OC(C)=O)COC4=O. The van der Waals surface area contributed by atoms with Crippen LogP contribution in [0.15, 0.2) is 17.9 Å². The fourth-order valence-electron chi connectivity index (χ4n) is 8.22. The molecule has 3 aliphatic carbocycles. The molecule has 2 heterocycles. The van der Waals surface area contributed by atoms with E-state index < -0.39 is 65.0 Å². The van der Waals surface area contributed by atoms with Gasteiger partial charge >= 0.3 is 17.9 Å². The van der Waals surface area contributed by atoms with Gasteiger partial charge in [-0.15, -0.1) is 0 Å². The highest BCUT2D eigenvalue weighted by molar-refractivity contribution is 6.11. The molecule has 1 spiro atoms. The fourth-order valence-corrected chi connectivity index (χ4v) is 8.22. The normalized spacial score (nSPS) is 30.7. The van der Waals surface area contributed by atoms with Crippen molar-refractivity contribution in [2.45, 2.75) is 37.9 Å². The Labute approximate surface area is 226 Å². The Morgan fingerprint density at radius 1 is 0.925 bits per heavy atom. The number of aliphatic hydroxyl groups excluding tert-OH is 1. The summed E-state index contributed by atoms with van der Waals surface area (Å²) in [7, 11) is 1.35. The van der Waals surface area contributed by atoms with Crippen molar-refractivity contribution in [1.82, 2.24) is 0 Å². The second-order valence-corrected chi connectivity index (χ2v) is 11.0. The van der Waals surface area contributed by atoms with Crippen LogP contribution in [0.3, 0.4) is 0 Å². The maximum atomic E-state index is 14.6. The third kappa shape index (κ3) is 2.42. The molecule has 1 fully saturated rings. The fraction of sp³-hybridized carbons (Fsp3) is 0.379. The number of hydrogen-bond donors (Lipinski definition) is 3. The van der Waals surface area contributed by atoms with Crippen LogP contribution in [0.2, 0.25) is 0 Å². The minimum Gasteiger partial charge on any atom is -0.511 e. The highest BCUT2D eigenvalue weighted by Crippen LogP contribution is 2.71. The summed E-state index contributed by atoms with van der Waals surface area (Å²) in [4.78, 5) is 53.1. The maximum Gasteiger partial charge on any atom is 0.342 e. The van der Waals surface area contributed by atoms with Gasteiger partial charge in [-0.2, -0.15) is 0 Å². The largest absolute Gasteiger partial charge is 0.511 e. The van der Waals surface area contributed by atoms with Crippen LogP contribution in [-0.4, -0.2) is 65.4 Å².